The van der Waals surface area contributed by atoms with E-state index in [0.29, 0.717) is 30.2 Å². The van der Waals surface area contributed by atoms with Gasteiger partial charge >= 0.3 is 0 Å². The Bertz CT molecular complexity index is 2180. The smallest absolute Gasteiger partial charge is 0.129 e. The first kappa shape index (κ1) is 42.1. The summed E-state index contributed by atoms with van der Waals surface area (Å²) in [5.74, 6) is -0.00957. The number of halogens is 1. The largest absolute Gasteiger partial charge is 0.508 e. The average Bonchev–Trinajstić information content (AvgIpc) is 3.27. The Morgan fingerprint density at radius 2 is 1.12 bits per heavy atom. The second-order valence-electron chi connectivity index (χ2n) is 15.1. The molecule has 304 valence electrons. The van der Waals surface area contributed by atoms with Crippen LogP contribution < -0.4 is 0 Å². The summed E-state index contributed by atoms with van der Waals surface area (Å²) >= 11 is 6.96. The van der Waals surface area contributed by atoms with Crippen LogP contribution in [0.25, 0.3) is 0 Å². The third kappa shape index (κ3) is 10.8. The molecule has 0 aliphatic carbocycles. The molecule has 5 atom stereocenters. The molecule has 1 N–H and O–H groups in total. The molecule has 0 unspecified atom stereocenters. The van der Waals surface area contributed by atoms with Gasteiger partial charge in [-0.3, -0.25) is 0 Å². The molecular formula is C52H53ClO6. The number of benzene rings is 6. The van der Waals surface area contributed by atoms with E-state index in [0.717, 1.165) is 39.8 Å². The van der Waals surface area contributed by atoms with Crippen LogP contribution in [0.4, 0.5) is 0 Å². The van der Waals surface area contributed by atoms with Gasteiger partial charge in [-0.25, -0.2) is 0 Å². The SMILES string of the molecule is C=CC[C@@]1(c2cc(Cc3ccc(CC)cc3)c(Cl)cc2O)O[C@H](COCc2ccccc2)[C@@H](OCc2ccccc2)[C@@H](OCc2ccccc2)[C@@H]1OCc1ccccc1. The maximum Gasteiger partial charge on any atom is 0.129 e. The minimum Gasteiger partial charge on any atom is -0.508 e. The first-order chi connectivity index (χ1) is 29.0. The quantitative estimate of drug-likeness (QED) is 0.0822. The lowest BCUT2D eigenvalue weighted by Crippen LogP contribution is -2.65. The lowest BCUT2D eigenvalue weighted by atomic mass is 9.76. The first-order valence-corrected chi connectivity index (χ1v) is 20.8. The van der Waals surface area contributed by atoms with Crippen LogP contribution in [0.3, 0.4) is 0 Å². The van der Waals surface area contributed by atoms with Crippen LogP contribution in [0.15, 0.2) is 170 Å². The molecule has 1 aliphatic rings. The van der Waals surface area contributed by atoms with Gasteiger partial charge in [-0.15, -0.1) is 6.58 Å². The molecule has 1 fully saturated rings. The van der Waals surface area contributed by atoms with E-state index in [4.69, 9.17) is 35.3 Å². The number of ether oxygens (including phenoxy) is 5. The predicted molar refractivity (Wildman–Crippen MR) is 234 cm³/mol. The van der Waals surface area contributed by atoms with Crippen molar-refractivity contribution in [2.75, 3.05) is 6.61 Å². The molecule has 0 amide bonds. The topological polar surface area (TPSA) is 66.4 Å². The van der Waals surface area contributed by atoms with Crippen LogP contribution in [-0.2, 0) is 68.6 Å². The summed E-state index contributed by atoms with van der Waals surface area (Å²) in [6.07, 6.45) is 0.766. The molecule has 7 heteroatoms. The molecule has 0 radical (unpaired) electrons. The van der Waals surface area contributed by atoms with Crippen LogP contribution in [0.2, 0.25) is 5.02 Å². The molecular weight excluding hydrogens is 756 g/mol. The van der Waals surface area contributed by atoms with Crippen LogP contribution in [0, 0.1) is 0 Å². The Hall–Kier alpha value is -5.05. The van der Waals surface area contributed by atoms with E-state index in [1.165, 1.54) is 5.56 Å². The fourth-order valence-electron chi connectivity index (χ4n) is 7.86. The summed E-state index contributed by atoms with van der Waals surface area (Å²) in [5.41, 5.74) is 6.45. The molecule has 0 saturated carbocycles. The number of phenols is 1. The van der Waals surface area contributed by atoms with Gasteiger partial charge in [0.05, 0.1) is 33.0 Å². The van der Waals surface area contributed by atoms with E-state index >= 15 is 0 Å². The lowest BCUT2D eigenvalue weighted by Gasteiger charge is -2.53. The highest BCUT2D eigenvalue weighted by Gasteiger charge is 2.58. The molecule has 6 aromatic carbocycles. The lowest BCUT2D eigenvalue weighted by molar-refractivity contribution is -0.313. The van der Waals surface area contributed by atoms with Crippen molar-refractivity contribution in [3.8, 4) is 5.75 Å². The molecule has 6 aromatic rings. The van der Waals surface area contributed by atoms with Crippen molar-refractivity contribution < 1.29 is 28.8 Å². The molecule has 1 aliphatic heterocycles. The third-order valence-electron chi connectivity index (χ3n) is 10.9. The summed E-state index contributed by atoms with van der Waals surface area (Å²) in [6.45, 7) is 7.77. The van der Waals surface area contributed by atoms with Gasteiger partial charge in [-0.05, 0) is 63.9 Å². The Balaban J connectivity index is 1.35. The second kappa shape index (κ2) is 20.8. The molecule has 0 aromatic heterocycles. The van der Waals surface area contributed by atoms with Crippen molar-refractivity contribution in [1.29, 1.82) is 0 Å². The minimum atomic E-state index is -1.32. The standard InChI is InChI=1S/C52H53ClO6/c1-3-29-52(45-31-44(46(53)32-47(45)54)30-39-27-25-38(4-2)26-28-39)51(58-36-43-23-15-8-16-24-43)50(57-35-42-21-13-7-14-22-42)49(56-34-41-19-11-6-12-20-41)48(59-52)37-55-33-40-17-9-5-10-18-40/h3,5-28,31-32,48-51,54H,1,4,29-30,33-37H2,2H3/t48-,49-,50-,51+,52+/m1/s1. The van der Waals surface area contributed by atoms with Crippen molar-refractivity contribution in [3.05, 3.63) is 220 Å². The maximum atomic E-state index is 12.1. The van der Waals surface area contributed by atoms with E-state index in [1.807, 2.05) is 133 Å². The minimum absolute atomic E-state index is 0.00957. The van der Waals surface area contributed by atoms with Gasteiger partial charge < -0.3 is 28.8 Å². The maximum absolute atomic E-state index is 12.1. The zero-order valence-corrected chi connectivity index (χ0v) is 34.4. The number of aromatic hydroxyl groups is 1. The average molecular weight is 809 g/mol. The molecule has 6 nitrogen and oxygen atoms in total. The van der Waals surface area contributed by atoms with Crippen molar-refractivity contribution in [2.45, 2.75) is 82.6 Å². The first-order valence-electron chi connectivity index (χ1n) is 20.4. The van der Waals surface area contributed by atoms with Crippen LogP contribution >= 0.6 is 11.6 Å². The fraction of sp³-hybridized carbons (Fsp3) is 0.269. The Morgan fingerprint density at radius 3 is 1.64 bits per heavy atom. The van der Waals surface area contributed by atoms with Gasteiger partial charge in [0.15, 0.2) is 0 Å². The van der Waals surface area contributed by atoms with Crippen LogP contribution in [0.1, 0.15) is 57.9 Å². The zero-order valence-electron chi connectivity index (χ0n) is 33.6. The second-order valence-corrected chi connectivity index (χ2v) is 15.5. The summed E-state index contributed by atoms with van der Waals surface area (Å²) in [4.78, 5) is 0. The molecule has 1 saturated heterocycles. The van der Waals surface area contributed by atoms with E-state index in [9.17, 15) is 5.11 Å². The Morgan fingerprint density at radius 1 is 0.627 bits per heavy atom. The third-order valence-corrected chi connectivity index (χ3v) is 11.3. The normalized spacial score (nSPS) is 20.3. The van der Waals surface area contributed by atoms with Gasteiger partial charge in [-0.2, -0.15) is 0 Å². The van der Waals surface area contributed by atoms with Gasteiger partial charge in [-0.1, -0.05) is 170 Å². The number of phenolic OH excluding ortho intramolecular Hbond substituents is 1. The monoisotopic (exact) mass is 808 g/mol. The predicted octanol–water partition coefficient (Wildman–Crippen LogP) is 11.3. The number of hydrogen-bond acceptors (Lipinski definition) is 6. The number of aryl methyl sites for hydroxylation is 1. The summed E-state index contributed by atoms with van der Waals surface area (Å²) in [6, 6.07) is 52.4. The zero-order chi connectivity index (χ0) is 40.9. The molecule has 59 heavy (non-hydrogen) atoms. The van der Waals surface area contributed by atoms with E-state index < -0.39 is 30.0 Å². The summed E-state index contributed by atoms with van der Waals surface area (Å²) in [7, 11) is 0. The van der Waals surface area contributed by atoms with Crippen molar-refractivity contribution in [1.82, 2.24) is 0 Å². The highest BCUT2D eigenvalue weighted by molar-refractivity contribution is 6.31. The van der Waals surface area contributed by atoms with Gasteiger partial charge in [0.2, 0.25) is 0 Å². The van der Waals surface area contributed by atoms with Gasteiger partial charge in [0.25, 0.3) is 0 Å². The molecule has 0 spiro atoms. The molecule has 0 bridgehead atoms. The number of hydrogen-bond donors (Lipinski definition) is 1. The Kier molecular flexibility index (Phi) is 14.8. The molecule has 7 rings (SSSR count). The Labute approximate surface area is 354 Å². The van der Waals surface area contributed by atoms with E-state index in [1.54, 1.807) is 6.07 Å². The van der Waals surface area contributed by atoms with Gasteiger partial charge in [0, 0.05) is 17.0 Å². The van der Waals surface area contributed by atoms with Crippen LogP contribution in [0.5, 0.6) is 5.75 Å². The molecule has 1 heterocycles. The highest BCUT2D eigenvalue weighted by atomic mass is 35.5. The van der Waals surface area contributed by atoms with E-state index in [-0.39, 0.29) is 32.0 Å². The van der Waals surface area contributed by atoms with Gasteiger partial charge in [0.1, 0.15) is 35.8 Å². The summed E-state index contributed by atoms with van der Waals surface area (Å²) < 4.78 is 35.0. The van der Waals surface area contributed by atoms with Crippen LogP contribution in [-0.4, -0.2) is 36.1 Å². The van der Waals surface area contributed by atoms with Crippen molar-refractivity contribution in [2.24, 2.45) is 0 Å². The van der Waals surface area contributed by atoms with E-state index in [2.05, 4.69) is 37.8 Å². The summed E-state index contributed by atoms with van der Waals surface area (Å²) in [5, 5.41) is 12.5. The number of rotatable bonds is 19. The van der Waals surface area contributed by atoms with Crippen molar-refractivity contribution >= 4 is 11.6 Å². The van der Waals surface area contributed by atoms with Crippen molar-refractivity contribution in [3.63, 3.8) is 0 Å². The highest BCUT2D eigenvalue weighted by Crippen LogP contribution is 2.49. The fourth-order valence-corrected chi connectivity index (χ4v) is 8.08.